The zero-order valence-electron chi connectivity index (χ0n) is 9.53. The minimum atomic E-state index is -1.05. The summed E-state index contributed by atoms with van der Waals surface area (Å²) in [5.74, 6) is -0.410. The van der Waals surface area contributed by atoms with E-state index in [9.17, 15) is 4.79 Å². The molecule has 0 saturated carbocycles. The van der Waals surface area contributed by atoms with Gasteiger partial charge in [-0.1, -0.05) is 6.07 Å². The van der Waals surface area contributed by atoms with Crippen molar-refractivity contribution in [1.29, 1.82) is 0 Å². The smallest absolute Gasteiger partial charge is 0.356 e. The maximum Gasteiger partial charge on any atom is 0.356 e. The number of imidazole rings is 1. The summed E-state index contributed by atoms with van der Waals surface area (Å²) in [5.41, 5.74) is 0.577. The zero-order valence-corrected chi connectivity index (χ0v) is 9.53. The minimum absolute atomic E-state index is 0.0116. The van der Waals surface area contributed by atoms with Gasteiger partial charge in [0.2, 0.25) is 0 Å². The summed E-state index contributed by atoms with van der Waals surface area (Å²) in [7, 11) is 3.72. The number of nitrogens with zero attached hydrogens (tertiary/aromatic N) is 4. The van der Waals surface area contributed by atoms with E-state index in [-0.39, 0.29) is 5.69 Å². The summed E-state index contributed by atoms with van der Waals surface area (Å²) < 4.78 is 1.64. The molecule has 0 fully saturated rings. The van der Waals surface area contributed by atoms with Gasteiger partial charge in [0.1, 0.15) is 11.5 Å². The molecule has 2 rings (SSSR count). The summed E-state index contributed by atoms with van der Waals surface area (Å²) in [6.45, 7) is 0. The minimum Gasteiger partial charge on any atom is -0.476 e. The van der Waals surface area contributed by atoms with Crippen LogP contribution < -0.4 is 0 Å². The summed E-state index contributed by atoms with van der Waals surface area (Å²) >= 11 is 0. The van der Waals surface area contributed by atoms with Crippen LogP contribution >= 0.6 is 0 Å². The van der Waals surface area contributed by atoms with E-state index in [2.05, 4.69) is 9.98 Å². The molecule has 1 N–H and O–H groups in total. The fourth-order valence-corrected chi connectivity index (χ4v) is 1.38. The fourth-order valence-electron chi connectivity index (χ4n) is 1.38. The molecule has 0 aliphatic carbocycles. The van der Waals surface area contributed by atoms with E-state index < -0.39 is 5.97 Å². The van der Waals surface area contributed by atoms with Gasteiger partial charge < -0.3 is 10.0 Å². The van der Waals surface area contributed by atoms with Crippen molar-refractivity contribution in [2.24, 2.45) is 4.99 Å². The number of carbonyl (C=O) groups is 1. The number of aliphatic imine (C=N–C) groups is 1. The second-order valence-electron chi connectivity index (χ2n) is 3.75. The molecule has 6 heteroatoms. The van der Waals surface area contributed by atoms with Crippen molar-refractivity contribution >= 4 is 23.8 Å². The lowest BCUT2D eigenvalue weighted by Gasteiger charge is -2.03. The van der Waals surface area contributed by atoms with Crippen molar-refractivity contribution in [2.75, 3.05) is 14.1 Å². The van der Waals surface area contributed by atoms with Crippen LogP contribution in [0, 0.1) is 0 Å². The van der Waals surface area contributed by atoms with Gasteiger partial charge in [-0.2, -0.15) is 0 Å². The number of pyridine rings is 1. The Morgan fingerprint density at radius 2 is 2.29 bits per heavy atom. The first-order chi connectivity index (χ1) is 8.08. The van der Waals surface area contributed by atoms with E-state index in [0.717, 1.165) is 0 Å². The van der Waals surface area contributed by atoms with Crippen LogP contribution in [0.1, 0.15) is 10.5 Å². The maximum atomic E-state index is 10.8. The maximum absolute atomic E-state index is 10.8. The molecule has 0 aliphatic rings. The van der Waals surface area contributed by atoms with Gasteiger partial charge in [-0.05, 0) is 12.1 Å². The monoisotopic (exact) mass is 232 g/mol. The Labute approximate surface area is 97.8 Å². The number of rotatable bonds is 3. The van der Waals surface area contributed by atoms with Gasteiger partial charge in [-0.25, -0.2) is 14.8 Å². The topological polar surface area (TPSA) is 70.2 Å². The third kappa shape index (κ3) is 2.25. The van der Waals surface area contributed by atoms with Crippen LogP contribution in [0.15, 0.2) is 29.4 Å². The largest absolute Gasteiger partial charge is 0.476 e. The van der Waals surface area contributed by atoms with Crippen LogP contribution in [0.25, 0.3) is 5.65 Å². The molecule has 0 saturated heterocycles. The first-order valence-electron chi connectivity index (χ1n) is 5.00. The van der Waals surface area contributed by atoms with Crippen molar-refractivity contribution in [3.63, 3.8) is 0 Å². The van der Waals surface area contributed by atoms with Crippen molar-refractivity contribution in [3.8, 4) is 0 Å². The van der Waals surface area contributed by atoms with Crippen molar-refractivity contribution in [3.05, 3.63) is 30.1 Å². The Kier molecular flexibility index (Phi) is 2.78. The molecule has 0 aliphatic heterocycles. The van der Waals surface area contributed by atoms with E-state index >= 15 is 0 Å². The van der Waals surface area contributed by atoms with Gasteiger partial charge in [0, 0.05) is 20.3 Å². The van der Waals surface area contributed by atoms with Crippen LogP contribution in [0.5, 0.6) is 0 Å². The predicted octanol–water partition coefficient (Wildman–Crippen LogP) is 1.25. The van der Waals surface area contributed by atoms with Crippen molar-refractivity contribution in [1.82, 2.24) is 14.3 Å². The van der Waals surface area contributed by atoms with Crippen LogP contribution in [-0.4, -0.2) is 45.8 Å². The number of aromatic nitrogens is 2. The van der Waals surface area contributed by atoms with Crippen molar-refractivity contribution < 1.29 is 9.90 Å². The van der Waals surface area contributed by atoms with Crippen LogP contribution in [0.3, 0.4) is 0 Å². The number of hydrogen-bond acceptors (Lipinski definition) is 3. The van der Waals surface area contributed by atoms with Gasteiger partial charge in [0.25, 0.3) is 0 Å². The molecule has 0 spiro atoms. The van der Waals surface area contributed by atoms with Gasteiger partial charge in [0.05, 0.1) is 6.34 Å². The Balaban J connectivity index is 2.53. The molecule has 6 nitrogen and oxygen atoms in total. The second-order valence-corrected chi connectivity index (χ2v) is 3.75. The lowest BCUT2D eigenvalue weighted by atomic mass is 10.4. The first-order valence-corrected chi connectivity index (χ1v) is 5.00. The molecule has 2 aromatic rings. The number of carboxylic acid groups (broad SMARTS) is 1. The molecule has 2 aromatic heterocycles. The fraction of sp³-hybridized carbons (Fsp3) is 0.182. The number of carboxylic acids is 1. The van der Waals surface area contributed by atoms with E-state index in [4.69, 9.17) is 5.11 Å². The third-order valence-corrected chi connectivity index (χ3v) is 2.11. The molecule has 0 bridgehead atoms. The number of aromatic carboxylic acids is 1. The summed E-state index contributed by atoms with van der Waals surface area (Å²) in [5, 5.41) is 8.87. The number of hydrogen-bond donors (Lipinski definition) is 1. The SMILES string of the molecule is CN(C)C=Nc1cccc2nc(C(=O)O)cn12. The van der Waals surface area contributed by atoms with Crippen LogP contribution in [0.2, 0.25) is 0 Å². The lowest BCUT2D eigenvalue weighted by Crippen LogP contribution is -2.07. The van der Waals surface area contributed by atoms with Gasteiger partial charge in [-0.15, -0.1) is 0 Å². The Morgan fingerprint density at radius 1 is 1.53 bits per heavy atom. The predicted molar refractivity (Wildman–Crippen MR) is 64.0 cm³/mol. The third-order valence-electron chi connectivity index (χ3n) is 2.11. The molecular weight excluding hydrogens is 220 g/mol. The summed E-state index contributed by atoms with van der Waals surface area (Å²) in [6.07, 6.45) is 3.11. The first kappa shape index (κ1) is 11.1. The molecule has 88 valence electrons. The quantitative estimate of drug-likeness (QED) is 0.638. The zero-order chi connectivity index (χ0) is 12.4. The summed E-state index contributed by atoms with van der Waals surface area (Å²) in [4.78, 5) is 20.8. The molecule has 0 unspecified atom stereocenters. The van der Waals surface area contributed by atoms with E-state index in [1.807, 2.05) is 14.1 Å². The standard InChI is InChI=1S/C11H12N4O2/c1-14(2)7-12-9-4-3-5-10-13-8(11(16)17)6-15(9)10/h3-7H,1-2H3,(H,16,17). The lowest BCUT2D eigenvalue weighted by molar-refractivity contribution is 0.0691. The Hall–Kier alpha value is -2.37. The highest BCUT2D eigenvalue weighted by atomic mass is 16.4. The van der Waals surface area contributed by atoms with Crippen molar-refractivity contribution in [2.45, 2.75) is 0 Å². The highest BCUT2D eigenvalue weighted by Crippen LogP contribution is 2.15. The summed E-state index contributed by atoms with van der Waals surface area (Å²) in [6, 6.07) is 5.32. The Bertz CT molecular complexity index is 586. The molecular formula is C11H12N4O2. The van der Waals surface area contributed by atoms with Crippen LogP contribution in [-0.2, 0) is 0 Å². The average Bonchev–Trinajstić information content (AvgIpc) is 2.70. The molecule has 0 amide bonds. The molecule has 0 radical (unpaired) electrons. The van der Waals surface area contributed by atoms with Gasteiger partial charge in [-0.3, -0.25) is 4.40 Å². The average molecular weight is 232 g/mol. The molecule has 0 atom stereocenters. The molecule has 0 aromatic carbocycles. The second kappa shape index (κ2) is 4.25. The Morgan fingerprint density at radius 3 is 2.94 bits per heavy atom. The van der Waals surface area contributed by atoms with E-state index in [1.165, 1.54) is 6.20 Å². The highest BCUT2D eigenvalue weighted by Gasteiger charge is 2.09. The normalized spacial score (nSPS) is 11.2. The van der Waals surface area contributed by atoms with Crippen LogP contribution in [0.4, 0.5) is 5.82 Å². The highest BCUT2D eigenvalue weighted by molar-refractivity contribution is 5.86. The van der Waals surface area contributed by atoms with Gasteiger partial charge >= 0.3 is 5.97 Å². The van der Waals surface area contributed by atoms with Gasteiger partial charge in [0.15, 0.2) is 5.69 Å². The van der Waals surface area contributed by atoms with E-state index in [0.29, 0.717) is 11.5 Å². The number of fused-ring (bicyclic) bond motifs is 1. The molecule has 17 heavy (non-hydrogen) atoms. The molecule has 2 heterocycles. The van der Waals surface area contributed by atoms with E-state index in [1.54, 1.807) is 33.8 Å².